The Morgan fingerprint density at radius 3 is 2.50 bits per heavy atom. The van der Waals surface area contributed by atoms with E-state index in [1.165, 1.54) is 11.8 Å². The van der Waals surface area contributed by atoms with Gasteiger partial charge in [-0.2, -0.15) is 0 Å². The van der Waals surface area contributed by atoms with Crippen molar-refractivity contribution in [3.05, 3.63) is 76.2 Å². The quantitative estimate of drug-likeness (QED) is 0.247. The van der Waals surface area contributed by atoms with Crippen LogP contribution in [0.5, 0.6) is 0 Å². The van der Waals surface area contributed by atoms with E-state index in [9.17, 15) is 9.59 Å². The number of fused-ring (bicyclic) bond motifs is 1. The molecule has 6 nitrogen and oxygen atoms in total. The normalized spacial score (nSPS) is 11.3. The second-order valence-corrected chi connectivity index (χ2v) is 9.97. The van der Waals surface area contributed by atoms with Gasteiger partial charge in [0.05, 0.1) is 5.75 Å². The number of halogens is 1. The van der Waals surface area contributed by atoms with Gasteiger partial charge in [-0.1, -0.05) is 67.5 Å². The van der Waals surface area contributed by atoms with Gasteiger partial charge >= 0.3 is 0 Å². The molecule has 34 heavy (non-hydrogen) atoms. The summed E-state index contributed by atoms with van der Waals surface area (Å²) in [6.07, 6.45) is 2.79. The third kappa shape index (κ3) is 5.37. The van der Waals surface area contributed by atoms with Gasteiger partial charge in [-0.05, 0) is 42.2 Å². The summed E-state index contributed by atoms with van der Waals surface area (Å²) in [6.45, 7) is 4.80. The largest absolute Gasteiger partial charge is 0.344 e. The second kappa shape index (κ2) is 10.5. The Labute approximate surface area is 208 Å². The molecule has 1 N–H and O–H groups in total. The number of amides is 1. The monoisotopic (exact) mass is 494 g/mol. The molecule has 0 aliphatic carbocycles. The minimum atomic E-state index is -0.173. The summed E-state index contributed by atoms with van der Waals surface area (Å²) in [4.78, 5) is 31.1. The van der Waals surface area contributed by atoms with Gasteiger partial charge in [-0.15, -0.1) is 0 Å². The molecule has 8 heteroatoms. The molecule has 0 unspecified atom stereocenters. The van der Waals surface area contributed by atoms with Crippen molar-refractivity contribution in [2.45, 2.75) is 32.0 Å². The number of benzene rings is 2. The van der Waals surface area contributed by atoms with Gasteiger partial charge in [0, 0.05) is 36.1 Å². The molecule has 2 aromatic heterocycles. The molecule has 0 spiro atoms. The van der Waals surface area contributed by atoms with Gasteiger partial charge in [0.2, 0.25) is 5.91 Å². The highest BCUT2D eigenvalue weighted by molar-refractivity contribution is 7.99. The molecule has 0 saturated heterocycles. The standard InChI is InChI=1S/C26H27ClN4O2S/c1-17(2)13-14-31-25(33)24-23(21(15-30(24)3)18-7-5-4-6-8-18)29-26(31)34-16-22(32)28-20-11-9-19(27)10-12-20/h4-12,15,17H,13-14,16H2,1-3H3,(H,28,32). The van der Waals surface area contributed by atoms with Crippen LogP contribution in [-0.2, 0) is 18.4 Å². The van der Waals surface area contributed by atoms with Crippen molar-refractivity contribution in [3.8, 4) is 11.1 Å². The smallest absolute Gasteiger partial charge is 0.278 e. The minimum absolute atomic E-state index is 0.0871. The molecular formula is C26H27ClN4O2S. The van der Waals surface area contributed by atoms with E-state index < -0.39 is 0 Å². The number of hydrogen-bond donors (Lipinski definition) is 1. The number of anilines is 1. The fraction of sp³-hybridized carbons (Fsp3) is 0.269. The van der Waals surface area contributed by atoms with Crippen molar-refractivity contribution in [2.24, 2.45) is 13.0 Å². The molecule has 176 valence electrons. The lowest BCUT2D eigenvalue weighted by Gasteiger charge is -2.14. The Morgan fingerprint density at radius 1 is 1.12 bits per heavy atom. The Hall–Kier alpha value is -3.03. The molecule has 2 aromatic carbocycles. The van der Waals surface area contributed by atoms with Crippen LogP contribution >= 0.6 is 23.4 Å². The number of thioether (sulfide) groups is 1. The van der Waals surface area contributed by atoms with E-state index in [2.05, 4.69) is 19.2 Å². The predicted molar refractivity (Wildman–Crippen MR) is 141 cm³/mol. The van der Waals surface area contributed by atoms with Crippen molar-refractivity contribution < 1.29 is 4.79 Å². The molecule has 4 aromatic rings. The lowest BCUT2D eigenvalue weighted by molar-refractivity contribution is -0.113. The number of aryl methyl sites for hydroxylation is 1. The van der Waals surface area contributed by atoms with Crippen LogP contribution in [0.25, 0.3) is 22.2 Å². The summed E-state index contributed by atoms with van der Waals surface area (Å²) in [5.74, 6) is 0.394. The van der Waals surface area contributed by atoms with Gasteiger partial charge in [0.1, 0.15) is 11.0 Å². The highest BCUT2D eigenvalue weighted by Crippen LogP contribution is 2.29. The Balaban J connectivity index is 1.69. The zero-order chi connectivity index (χ0) is 24.2. The number of carbonyl (C=O) groups excluding carboxylic acids is 1. The van der Waals surface area contributed by atoms with E-state index in [4.69, 9.17) is 16.6 Å². The van der Waals surface area contributed by atoms with Crippen LogP contribution in [0.15, 0.2) is 70.7 Å². The first-order chi connectivity index (χ1) is 16.3. The SMILES string of the molecule is CC(C)CCn1c(SCC(=O)Nc2ccc(Cl)cc2)nc2c(-c3ccccc3)cn(C)c2c1=O. The van der Waals surface area contributed by atoms with Crippen LogP contribution in [0, 0.1) is 5.92 Å². The molecule has 0 saturated carbocycles. The van der Waals surface area contributed by atoms with E-state index >= 15 is 0 Å². The van der Waals surface area contributed by atoms with Crippen molar-refractivity contribution in [1.29, 1.82) is 0 Å². The van der Waals surface area contributed by atoms with E-state index in [1.54, 1.807) is 28.8 Å². The summed E-state index contributed by atoms with van der Waals surface area (Å²) >= 11 is 7.20. The number of nitrogens with one attached hydrogen (secondary N) is 1. The molecule has 4 rings (SSSR count). The van der Waals surface area contributed by atoms with Crippen molar-refractivity contribution in [3.63, 3.8) is 0 Å². The van der Waals surface area contributed by atoms with E-state index in [0.29, 0.717) is 39.4 Å². The number of nitrogens with zero attached hydrogens (tertiary/aromatic N) is 3. The first kappa shape index (κ1) is 24.1. The number of aromatic nitrogens is 3. The zero-order valence-corrected chi connectivity index (χ0v) is 21.0. The topological polar surface area (TPSA) is 68.9 Å². The van der Waals surface area contributed by atoms with Crippen LogP contribution in [0.4, 0.5) is 5.69 Å². The first-order valence-electron chi connectivity index (χ1n) is 11.2. The second-order valence-electron chi connectivity index (χ2n) is 8.59. The summed E-state index contributed by atoms with van der Waals surface area (Å²) in [7, 11) is 1.87. The fourth-order valence-corrected chi connectivity index (χ4v) is 4.68. The van der Waals surface area contributed by atoms with Crippen LogP contribution in [0.3, 0.4) is 0 Å². The third-order valence-electron chi connectivity index (χ3n) is 5.52. The van der Waals surface area contributed by atoms with Crippen LogP contribution in [0.2, 0.25) is 5.02 Å². The van der Waals surface area contributed by atoms with Crippen LogP contribution in [-0.4, -0.2) is 25.8 Å². The van der Waals surface area contributed by atoms with Crippen molar-refractivity contribution in [2.75, 3.05) is 11.1 Å². The van der Waals surface area contributed by atoms with Crippen LogP contribution in [0.1, 0.15) is 20.3 Å². The molecule has 0 atom stereocenters. The maximum Gasteiger partial charge on any atom is 0.278 e. The van der Waals surface area contributed by atoms with Gasteiger partial charge in [-0.3, -0.25) is 14.2 Å². The predicted octanol–water partition coefficient (Wildman–Crippen LogP) is 5.83. The van der Waals surface area contributed by atoms with Gasteiger partial charge in [0.15, 0.2) is 5.16 Å². The highest BCUT2D eigenvalue weighted by Gasteiger charge is 2.19. The van der Waals surface area contributed by atoms with Crippen molar-refractivity contribution >= 4 is 46.0 Å². The zero-order valence-electron chi connectivity index (χ0n) is 19.4. The van der Waals surface area contributed by atoms with Gasteiger partial charge in [0.25, 0.3) is 5.56 Å². The fourth-order valence-electron chi connectivity index (χ4n) is 3.73. The molecule has 1 amide bonds. The number of rotatable bonds is 8. The average Bonchev–Trinajstić information content (AvgIpc) is 3.15. The molecule has 0 aliphatic heterocycles. The molecular weight excluding hydrogens is 468 g/mol. The summed E-state index contributed by atoms with van der Waals surface area (Å²) in [5.41, 5.74) is 3.70. The van der Waals surface area contributed by atoms with Gasteiger partial charge < -0.3 is 9.88 Å². The minimum Gasteiger partial charge on any atom is -0.344 e. The molecule has 0 aliphatic rings. The lowest BCUT2D eigenvalue weighted by atomic mass is 10.1. The van der Waals surface area contributed by atoms with Gasteiger partial charge in [-0.25, -0.2) is 4.98 Å². The summed E-state index contributed by atoms with van der Waals surface area (Å²) < 4.78 is 3.55. The number of carbonyl (C=O) groups is 1. The Kier molecular flexibility index (Phi) is 7.44. The third-order valence-corrected chi connectivity index (χ3v) is 6.74. The summed E-state index contributed by atoms with van der Waals surface area (Å²) in [6, 6.07) is 16.9. The van der Waals surface area contributed by atoms with E-state index in [1.807, 2.05) is 48.1 Å². The van der Waals surface area contributed by atoms with E-state index in [0.717, 1.165) is 17.5 Å². The number of hydrogen-bond acceptors (Lipinski definition) is 4. The summed E-state index contributed by atoms with van der Waals surface area (Å²) in [5, 5.41) is 4.02. The average molecular weight is 495 g/mol. The molecule has 0 fully saturated rings. The van der Waals surface area contributed by atoms with E-state index in [-0.39, 0.29) is 17.2 Å². The van der Waals surface area contributed by atoms with Crippen LogP contribution < -0.4 is 10.9 Å². The maximum atomic E-state index is 13.6. The lowest BCUT2D eigenvalue weighted by Crippen LogP contribution is -2.26. The Bertz CT molecular complexity index is 1360. The highest BCUT2D eigenvalue weighted by atomic mass is 35.5. The molecule has 0 radical (unpaired) electrons. The first-order valence-corrected chi connectivity index (χ1v) is 12.5. The molecule has 0 bridgehead atoms. The molecule has 2 heterocycles. The maximum absolute atomic E-state index is 13.6. The van der Waals surface area contributed by atoms with Crippen molar-refractivity contribution in [1.82, 2.24) is 14.1 Å². The Morgan fingerprint density at radius 2 is 1.82 bits per heavy atom.